The molecule has 2 aliphatic carbocycles. The minimum absolute atomic E-state index is 0.00607. The van der Waals surface area contributed by atoms with Crippen LogP contribution in [0.5, 0.6) is 0 Å². The van der Waals surface area contributed by atoms with Gasteiger partial charge >= 0.3 is 12.1 Å². The number of alkyl carbamates (subject to hydrolysis) is 1. The second kappa shape index (κ2) is 6.89. The van der Waals surface area contributed by atoms with Gasteiger partial charge in [0.1, 0.15) is 12.6 Å². The summed E-state index contributed by atoms with van der Waals surface area (Å²) in [6.07, 6.45) is -3.69. The number of nitrogens with one attached hydrogen (secondary N) is 1. The molecule has 1 unspecified atom stereocenters. The molecule has 0 spiro atoms. The van der Waals surface area contributed by atoms with Gasteiger partial charge in [0, 0.05) is 5.92 Å². The van der Waals surface area contributed by atoms with Gasteiger partial charge in [-0.3, -0.25) is 0 Å². The summed E-state index contributed by atoms with van der Waals surface area (Å²) in [7, 11) is 0. The zero-order valence-electron chi connectivity index (χ0n) is 14.9. The third-order valence-corrected chi connectivity index (χ3v) is 5.69. The van der Waals surface area contributed by atoms with Crippen LogP contribution in [0, 0.1) is 5.41 Å². The number of carboxylic acid groups (broad SMARTS) is 1. The van der Waals surface area contributed by atoms with E-state index in [4.69, 9.17) is 4.74 Å². The van der Waals surface area contributed by atoms with Gasteiger partial charge < -0.3 is 15.2 Å². The molecule has 2 aliphatic rings. The minimum Gasteiger partial charge on any atom is -0.480 e. The van der Waals surface area contributed by atoms with E-state index in [-0.39, 0.29) is 25.4 Å². The summed E-state index contributed by atoms with van der Waals surface area (Å²) in [4.78, 5) is 23.6. The first-order valence-electron chi connectivity index (χ1n) is 9.06. The Balaban J connectivity index is 1.47. The van der Waals surface area contributed by atoms with Gasteiger partial charge in [0.2, 0.25) is 6.43 Å². The average molecular weight is 387 g/mol. The van der Waals surface area contributed by atoms with Crippen molar-refractivity contribution in [1.29, 1.82) is 0 Å². The standard InChI is InChI=1S/C21H19F2NO4/c22-19(23)21(9-10-21)17(18(25)26)24-20(27)28-11-16-14-7-3-1-5-12(14)13-6-2-4-8-15(13)16/h1-8,16-17,19H,9-11H2,(H,24,27)(H,25,26). The van der Waals surface area contributed by atoms with E-state index in [2.05, 4.69) is 5.32 Å². The molecule has 146 valence electrons. The smallest absolute Gasteiger partial charge is 0.407 e. The van der Waals surface area contributed by atoms with Gasteiger partial charge in [0.25, 0.3) is 0 Å². The molecule has 1 amide bonds. The Hall–Kier alpha value is -2.96. The molecule has 2 N–H and O–H groups in total. The van der Waals surface area contributed by atoms with Gasteiger partial charge in [-0.2, -0.15) is 0 Å². The summed E-state index contributed by atoms with van der Waals surface area (Å²) >= 11 is 0. The molecule has 1 atom stereocenters. The molecule has 0 aromatic heterocycles. The number of ether oxygens (including phenoxy) is 1. The van der Waals surface area contributed by atoms with Crippen LogP contribution in [0.2, 0.25) is 0 Å². The molecule has 2 aromatic carbocycles. The molecule has 0 heterocycles. The van der Waals surface area contributed by atoms with E-state index in [9.17, 15) is 23.5 Å². The number of halogens is 2. The van der Waals surface area contributed by atoms with Gasteiger partial charge in [-0.25, -0.2) is 18.4 Å². The number of carboxylic acids is 1. The van der Waals surface area contributed by atoms with Crippen LogP contribution >= 0.6 is 0 Å². The highest BCUT2D eigenvalue weighted by molar-refractivity contribution is 5.82. The molecule has 0 aliphatic heterocycles. The lowest BCUT2D eigenvalue weighted by molar-refractivity contribution is -0.143. The van der Waals surface area contributed by atoms with Gasteiger partial charge in [0.15, 0.2) is 0 Å². The van der Waals surface area contributed by atoms with Gasteiger partial charge in [-0.15, -0.1) is 0 Å². The van der Waals surface area contributed by atoms with Crippen LogP contribution in [-0.2, 0) is 9.53 Å². The molecule has 0 bridgehead atoms. The minimum atomic E-state index is -2.82. The number of carbonyl (C=O) groups is 2. The van der Waals surface area contributed by atoms with Crippen molar-refractivity contribution in [3.05, 3.63) is 59.7 Å². The van der Waals surface area contributed by atoms with Crippen molar-refractivity contribution >= 4 is 12.1 Å². The van der Waals surface area contributed by atoms with Crippen molar-refractivity contribution in [3.63, 3.8) is 0 Å². The monoisotopic (exact) mass is 387 g/mol. The predicted octanol–water partition coefficient (Wildman–Crippen LogP) is 4.02. The maximum absolute atomic E-state index is 13.2. The summed E-state index contributed by atoms with van der Waals surface area (Å²) in [5.41, 5.74) is 2.45. The maximum Gasteiger partial charge on any atom is 0.407 e. The van der Waals surface area contributed by atoms with Crippen LogP contribution in [0.25, 0.3) is 11.1 Å². The molecule has 4 rings (SSSR count). The topological polar surface area (TPSA) is 75.6 Å². The van der Waals surface area contributed by atoms with Gasteiger partial charge in [-0.1, -0.05) is 48.5 Å². The highest BCUT2D eigenvalue weighted by atomic mass is 19.3. The lowest BCUT2D eigenvalue weighted by Crippen LogP contribution is -2.49. The van der Waals surface area contributed by atoms with E-state index in [1.807, 2.05) is 48.5 Å². The number of alkyl halides is 2. The van der Waals surface area contributed by atoms with Gasteiger partial charge in [0.05, 0.1) is 5.41 Å². The Bertz CT molecular complexity index is 881. The largest absolute Gasteiger partial charge is 0.480 e. The highest BCUT2D eigenvalue weighted by Crippen LogP contribution is 2.53. The molecule has 1 fully saturated rings. The summed E-state index contributed by atoms with van der Waals surface area (Å²) < 4.78 is 31.8. The zero-order chi connectivity index (χ0) is 19.9. The normalized spacial score (nSPS) is 17.5. The molecular formula is C21H19F2NO4. The van der Waals surface area contributed by atoms with Crippen LogP contribution in [0.1, 0.15) is 29.9 Å². The van der Waals surface area contributed by atoms with Crippen molar-refractivity contribution in [1.82, 2.24) is 5.32 Å². The molecule has 5 nitrogen and oxygen atoms in total. The number of hydrogen-bond donors (Lipinski definition) is 2. The molecule has 7 heteroatoms. The zero-order valence-corrected chi connectivity index (χ0v) is 14.9. The predicted molar refractivity (Wildman–Crippen MR) is 97.3 cm³/mol. The molecule has 28 heavy (non-hydrogen) atoms. The number of hydrogen-bond acceptors (Lipinski definition) is 3. The number of aliphatic carboxylic acids is 1. The van der Waals surface area contributed by atoms with Gasteiger partial charge in [-0.05, 0) is 35.1 Å². The second-order valence-electron chi connectivity index (χ2n) is 7.27. The first-order chi connectivity index (χ1) is 13.4. The summed E-state index contributed by atoms with van der Waals surface area (Å²) in [6.45, 7) is -0.00607. The Kier molecular flexibility index (Phi) is 4.53. The third kappa shape index (κ3) is 3.00. The van der Waals surface area contributed by atoms with Crippen molar-refractivity contribution in [3.8, 4) is 11.1 Å². The van der Waals surface area contributed by atoms with Crippen LogP contribution in [-0.4, -0.2) is 36.2 Å². The van der Waals surface area contributed by atoms with Crippen molar-refractivity contribution < 1.29 is 28.2 Å². The van der Waals surface area contributed by atoms with Crippen LogP contribution in [0.15, 0.2) is 48.5 Å². The number of benzene rings is 2. The highest BCUT2D eigenvalue weighted by Gasteiger charge is 2.60. The maximum atomic E-state index is 13.2. The number of rotatable bonds is 6. The van der Waals surface area contributed by atoms with E-state index in [0.29, 0.717) is 0 Å². The van der Waals surface area contributed by atoms with E-state index >= 15 is 0 Å². The second-order valence-corrected chi connectivity index (χ2v) is 7.27. The van der Waals surface area contributed by atoms with Crippen LogP contribution in [0.4, 0.5) is 13.6 Å². The fourth-order valence-electron chi connectivity index (χ4n) is 3.99. The van der Waals surface area contributed by atoms with E-state index < -0.39 is 29.9 Å². The number of fused-ring (bicyclic) bond motifs is 3. The van der Waals surface area contributed by atoms with Crippen molar-refractivity contribution in [2.24, 2.45) is 5.41 Å². The van der Waals surface area contributed by atoms with Crippen molar-refractivity contribution in [2.45, 2.75) is 31.2 Å². The van der Waals surface area contributed by atoms with E-state index in [1.165, 1.54) is 0 Å². The summed E-state index contributed by atoms with van der Waals surface area (Å²) in [6, 6.07) is 13.9. The van der Waals surface area contributed by atoms with Crippen LogP contribution in [0.3, 0.4) is 0 Å². The fraction of sp³-hybridized carbons (Fsp3) is 0.333. The molecule has 0 radical (unpaired) electrons. The molecule has 0 saturated heterocycles. The van der Waals surface area contributed by atoms with Crippen LogP contribution < -0.4 is 5.32 Å². The quantitative estimate of drug-likeness (QED) is 0.785. The molecule has 2 aromatic rings. The molecule has 1 saturated carbocycles. The lowest BCUT2D eigenvalue weighted by Gasteiger charge is -2.24. The average Bonchev–Trinajstić information content (AvgIpc) is 3.43. The Morgan fingerprint density at radius 3 is 2.07 bits per heavy atom. The summed E-state index contributed by atoms with van der Waals surface area (Å²) in [5, 5.41) is 11.4. The fourth-order valence-corrected chi connectivity index (χ4v) is 3.99. The van der Waals surface area contributed by atoms with Crippen molar-refractivity contribution in [2.75, 3.05) is 6.61 Å². The SMILES string of the molecule is O=C(NC(C(=O)O)C1(C(F)F)CC1)OCC1c2ccccc2-c2ccccc21. The van der Waals surface area contributed by atoms with E-state index in [1.54, 1.807) is 0 Å². The summed E-state index contributed by atoms with van der Waals surface area (Å²) in [5.74, 6) is -1.67. The first-order valence-corrected chi connectivity index (χ1v) is 9.06. The third-order valence-electron chi connectivity index (χ3n) is 5.69. The Morgan fingerprint density at radius 1 is 1.07 bits per heavy atom. The van der Waals surface area contributed by atoms with E-state index in [0.717, 1.165) is 22.3 Å². The first kappa shape index (κ1) is 18.4. The Labute approximate surface area is 160 Å². The molecular weight excluding hydrogens is 368 g/mol. The Morgan fingerprint density at radius 2 is 1.61 bits per heavy atom. The lowest BCUT2D eigenvalue weighted by atomic mass is 9.97. The number of amides is 1. The number of carbonyl (C=O) groups excluding carboxylic acids is 1.